The van der Waals surface area contributed by atoms with Crippen LogP contribution in [0.4, 0.5) is 4.39 Å². The van der Waals surface area contributed by atoms with E-state index >= 15 is 0 Å². The number of hydrogen-bond acceptors (Lipinski definition) is 3. The molecule has 5 heteroatoms. The lowest BCUT2D eigenvalue weighted by molar-refractivity contribution is -0.145. The summed E-state index contributed by atoms with van der Waals surface area (Å²) in [5.41, 5.74) is -0.0206. The highest BCUT2D eigenvalue weighted by atomic mass is 19.1. The molecular weight excluding hydrogens is 295 g/mol. The number of aliphatic carboxylic acids is 1. The van der Waals surface area contributed by atoms with Crippen molar-refractivity contribution in [3.05, 3.63) is 35.6 Å². The molecule has 23 heavy (non-hydrogen) atoms. The highest BCUT2D eigenvalue weighted by molar-refractivity contribution is 5.78. The zero-order valence-electron chi connectivity index (χ0n) is 13.0. The minimum absolute atomic E-state index is 0.194. The maximum atomic E-state index is 13.0. The number of benzene rings is 1. The van der Waals surface area contributed by atoms with Gasteiger partial charge in [0.25, 0.3) is 0 Å². The molecule has 2 unspecified atom stereocenters. The topological polar surface area (TPSA) is 64.3 Å². The fraction of sp³-hybridized carbons (Fsp3) is 0.556. The summed E-state index contributed by atoms with van der Waals surface area (Å²) in [7, 11) is 0. The van der Waals surface area contributed by atoms with Crippen LogP contribution in [0, 0.1) is 22.6 Å². The van der Waals surface area contributed by atoms with Gasteiger partial charge in [0, 0.05) is 6.04 Å². The Bertz CT molecular complexity index is 617. The standard InChI is InChI=1S/C18H21FN2O2/c19-15-3-1-13(2-4-15)14-6-9-21(10-7-14)16-5-8-18(11-16,12-20)17(22)23/h1-4,14,16H,5-11H2,(H,22,23). The quantitative estimate of drug-likeness (QED) is 0.930. The number of nitrogens with zero attached hydrogens (tertiary/aromatic N) is 2. The number of likely N-dealkylation sites (tertiary alicyclic amines) is 1. The third-order valence-electron chi connectivity index (χ3n) is 5.50. The van der Waals surface area contributed by atoms with Gasteiger partial charge in [-0.1, -0.05) is 12.1 Å². The molecule has 3 rings (SSSR count). The second-order valence-electron chi connectivity index (χ2n) is 6.76. The third-order valence-corrected chi connectivity index (χ3v) is 5.50. The smallest absolute Gasteiger partial charge is 0.324 e. The number of hydrogen-bond donors (Lipinski definition) is 1. The van der Waals surface area contributed by atoms with Crippen molar-refractivity contribution >= 4 is 5.97 Å². The lowest BCUT2D eigenvalue weighted by Crippen LogP contribution is -2.41. The van der Waals surface area contributed by atoms with Crippen LogP contribution in [0.5, 0.6) is 0 Å². The number of carboxylic acids is 1. The molecule has 0 amide bonds. The molecule has 0 spiro atoms. The molecule has 1 aliphatic heterocycles. The Balaban J connectivity index is 1.59. The van der Waals surface area contributed by atoms with Crippen molar-refractivity contribution in [1.82, 2.24) is 4.90 Å². The average molecular weight is 316 g/mol. The van der Waals surface area contributed by atoms with Crippen LogP contribution in [-0.2, 0) is 4.79 Å². The van der Waals surface area contributed by atoms with Crippen LogP contribution in [0.15, 0.2) is 24.3 Å². The van der Waals surface area contributed by atoms with Gasteiger partial charge in [-0.2, -0.15) is 5.26 Å². The van der Waals surface area contributed by atoms with E-state index in [9.17, 15) is 19.6 Å². The number of carboxylic acid groups (broad SMARTS) is 1. The van der Waals surface area contributed by atoms with E-state index < -0.39 is 11.4 Å². The normalized spacial score (nSPS) is 29.3. The number of rotatable bonds is 3. The van der Waals surface area contributed by atoms with Gasteiger partial charge in [-0.05, 0) is 68.8 Å². The maximum Gasteiger partial charge on any atom is 0.324 e. The van der Waals surface area contributed by atoms with Gasteiger partial charge >= 0.3 is 5.97 Å². The van der Waals surface area contributed by atoms with Crippen molar-refractivity contribution < 1.29 is 14.3 Å². The van der Waals surface area contributed by atoms with Gasteiger partial charge in [0.2, 0.25) is 0 Å². The number of carbonyl (C=O) groups is 1. The Morgan fingerprint density at radius 2 is 1.91 bits per heavy atom. The van der Waals surface area contributed by atoms with E-state index in [4.69, 9.17) is 0 Å². The molecule has 1 aromatic rings. The van der Waals surface area contributed by atoms with Crippen LogP contribution in [0.25, 0.3) is 0 Å². The summed E-state index contributed by atoms with van der Waals surface area (Å²) in [5, 5.41) is 18.6. The van der Waals surface area contributed by atoms with Crippen molar-refractivity contribution in [3.8, 4) is 6.07 Å². The molecule has 2 atom stereocenters. The van der Waals surface area contributed by atoms with Crippen LogP contribution < -0.4 is 0 Å². The Morgan fingerprint density at radius 3 is 2.43 bits per heavy atom. The minimum atomic E-state index is -1.20. The maximum absolute atomic E-state index is 13.0. The van der Waals surface area contributed by atoms with Crippen LogP contribution >= 0.6 is 0 Å². The monoisotopic (exact) mass is 316 g/mol. The first-order chi connectivity index (χ1) is 11.0. The minimum Gasteiger partial charge on any atom is -0.480 e. The molecule has 4 nitrogen and oxygen atoms in total. The molecule has 1 N–H and O–H groups in total. The van der Waals surface area contributed by atoms with Gasteiger partial charge in [-0.15, -0.1) is 0 Å². The predicted octanol–water partition coefficient (Wildman–Crippen LogP) is 3.15. The summed E-state index contributed by atoms with van der Waals surface area (Å²) in [4.78, 5) is 13.7. The van der Waals surface area contributed by atoms with E-state index in [0.29, 0.717) is 18.8 Å². The van der Waals surface area contributed by atoms with Crippen molar-refractivity contribution in [2.24, 2.45) is 5.41 Å². The molecular formula is C18H21FN2O2. The van der Waals surface area contributed by atoms with Gasteiger partial charge in [0.1, 0.15) is 5.82 Å². The van der Waals surface area contributed by atoms with Crippen LogP contribution in [0.2, 0.25) is 0 Å². The lowest BCUT2D eigenvalue weighted by atomic mass is 9.86. The molecule has 122 valence electrons. The molecule has 2 fully saturated rings. The number of nitriles is 1. The van der Waals surface area contributed by atoms with Crippen LogP contribution in [0.1, 0.15) is 43.6 Å². The van der Waals surface area contributed by atoms with Gasteiger partial charge in [0.15, 0.2) is 5.41 Å². The Labute approximate surface area is 135 Å². The third kappa shape index (κ3) is 3.09. The first kappa shape index (κ1) is 15.9. The molecule has 1 saturated carbocycles. The molecule has 0 aromatic heterocycles. The van der Waals surface area contributed by atoms with Crippen LogP contribution in [0.3, 0.4) is 0 Å². The summed E-state index contributed by atoms with van der Waals surface area (Å²) in [5.74, 6) is -0.754. The fourth-order valence-electron chi connectivity index (χ4n) is 4.01. The first-order valence-electron chi connectivity index (χ1n) is 8.18. The zero-order chi connectivity index (χ0) is 16.4. The van der Waals surface area contributed by atoms with E-state index in [1.807, 2.05) is 18.2 Å². The van der Waals surface area contributed by atoms with E-state index in [2.05, 4.69) is 4.90 Å². The van der Waals surface area contributed by atoms with Gasteiger partial charge in [0.05, 0.1) is 6.07 Å². The first-order valence-corrected chi connectivity index (χ1v) is 8.18. The second-order valence-corrected chi connectivity index (χ2v) is 6.76. The highest BCUT2D eigenvalue weighted by Gasteiger charge is 2.47. The molecule has 0 radical (unpaired) electrons. The Kier molecular flexibility index (Phi) is 4.36. The van der Waals surface area contributed by atoms with Crippen LogP contribution in [-0.4, -0.2) is 35.1 Å². The largest absolute Gasteiger partial charge is 0.480 e. The summed E-state index contributed by atoms with van der Waals surface area (Å²) >= 11 is 0. The molecule has 1 aromatic carbocycles. The van der Waals surface area contributed by atoms with E-state index in [1.54, 1.807) is 0 Å². The van der Waals surface area contributed by atoms with Crippen molar-refractivity contribution in [1.29, 1.82) is 5.26 Å². The number of halogens is 1. The molecule has 1 aliphatic carbocycles. The Morgan fingerprint density at radius 1 is 1.26 bits per heavy atom. The Hall–Kier alpha value is -1.93. The number of piperidine rings is 1. The van der Waals surface area contributed by atoms with Crippen molar-refractivity contribution in [2.75, 3.05) is 13.1 Å². The molecule has 1 saturated heterocycles. The van der Waals surface area contributed by atoms with Gasteiger partial charge in [-0.3, -0.25) is 4.79 Å². The summed E-state index contributed by atoms with van der Waals surface area (Å²) < 4.78 is 13.0. The summed E-state index contributed by atoms with van der Waals surface area (Å²) in [6, 6.07) is 8.95. The SMILES string of the molecule is N#CC1(C(=O)O)CCC(N2CCC(c3ccc(F)cc3)CC2)C1. The lowest BCUT2D eigenvalue weighted by Gasteiger charge is -2.36. The van der Waals surface area contributed by atoms with Crippen molar-refractivity contribution in [2.45, 2.75) is 44.1 Å². The fourth-order valence-corrected chi connectivity index (χ4v) is 4.01. The predicted molar refractivity (Wildman–Crippen MR) is 83.3 cm³/mol. The van der Waals surface area contributed by atoms with Crippen molar-refractivity contribution in [3.63, 3.8) is 0 Å². The highest BCUT2D eigenvalue weighted by Crippen LogP contribution is 2.41. The molecule has 2 aliphatic rings. The van der Waals surface area contributed by atoms with Gasteiger partial charge < -0.3 is 10.0 Å². The van der Waals surface area contributed by atoms with E-state index in [-0.39, 0.29) is 11.9 Å². The van der Waals surface area contributed by atoms with Gasteiger partial charge in [-0.25, -0.2) is 4.39 Å². The summed E-state index contributed by atoms with van der Waals surface area (Å²) in [6.45, 7) is 1.82. The average Bonchev–Trinajstić information content (AvgIpc) is 3.02. The molecule has 0 bridgehead atoms. The van der Waals surface area contributed by atoms with E-state index in [1.165, 1.54) is 17.7 Å². The van der Waals surface area contributed by atoms with E-state index in [0.717, 1.165) is 32.4 Å². The zero-order valence-corrected chi connectivity index (χ0v) is 13.0. The summed E-state index contributed by atoms with van der Waals surface area (Å²) in [6.07, 6.45) is 3.64. The molecule has 1 heterocycles. The second kappa shape index (κ2) is 6.29.